The highest BCUT2D eigenvalue weighted by Crippen LogP contribution is 2.88. The topological polar surface area (TPSA) is 60.4 Å². The number of fused-ring (bicyclic) bond motifs is 15. The van der Waals surface area contributed by atoms with Crippen molar-refractivity contribution in [1.82, 2.24) is 0 Å². The van der Waals surface area contributed by atoms with Crippen molar-refractivity contribution in [2.24, 2.45) is 11.8 Å². The standard InChI is InChI=1S/C21H6Cl12O4S/c22-11-13(24)18(28)9-7(16(11,26)20(18,30)31)3-1-5-6(38(35,36)37-15(5)34)2-4(3)8-10(9)19(29)14(25)12(23)17(8,27)21(19,32)33/h1-2,7-10H/t7-,8+,9+,10+,16+,17+,18+,19+/m1/s1. The Balaban J connectivity index is 1.67. The minimum atomic E-state index is -4.45. The molecule has 0 amide bonds. The molecule has 0 radical (unpaired) electrons. The van der Waals surface area contributed by atoms with E-state index in [1.165, 1.54) is 12.1 Å². The number of allylic oxidation sites excluding steroid dienone is 4. The average Bonchev–Trinajstić information content (AvgIpc) is 3.28. The second kappa shape index (κ2) is 7.45. The lowest BCUT2D eigenvalue weighted by molar-refractivity contribution is 0.0762. The summed E-state index contributed by atoms with van der Waals surface area (Å²) in [6.07, 6.45) is 0. The fraction of sp³-hybridized carbons (Fsp3) is 0.476. The Labute approximate surface area is 275 Å². The normalized spacial score (nSPS) is 47.7. The molecule has 0 saturated heterocycles. The number of carbonyl (C=O) groups is 1. The quantitative estimate of drug-likeness (QED) is 0.196. The molecule has 8 atom stereocenters. The lowest BCUT2D eigenvalue weighted by Crippen LogP contribution is -2.53. The first-order valence-electron chi connectivity index (χ1n) is 10.5. The Bertz CT molecular complexity index is 1640. The number of benzene rings is 1. The van der Waals surface area contributed by atoms with Crippen molar-refractivity contribution < 1.29 is 17.4 Å². The largest absolute Gasteiger partial charge is 0.355 e. The van der Waals surface area contributed by atoms with E-state index < -0.39 is 72.8 Å². The molecule has 0 N–H and O–H groups in total. The number of hydrogen-bond donors (Lipinski definition) is 0. The summed E-state index contributed by atoms with van der Waals surface area (Å²) in [6, 6.07) is 2.55. The van der Waals surface area contributed by atoms with Crippen LogP contribution in [0.5, 0.6) is 0 Å². The van der Waals surface area contributed by atoms with Crippen LogP contribution in [0.15, 0.2) is 37.2 Å². The second-order valence-electron chi connectivity index (χ2n) is 10.1. The van der Waals surface area contributed by atoms with Crippen LogP contribution in [0.4, 0.5) is 0 Å². The molecule has 1 aromatic carbocycles. The Hall–Kier alpha value is 1.60. The molecular formula is C21H6Cl12O4S. The van der Waals surface area contributed by atoms with E-state index in [1.807, 2.05) is 0 Å². The monoisotopic (exact) mass is 774 g/mol. The number of rotatable bonds is 0. The number of hydrogen-bond acceptors (Lipinski definition) is 4. The van der Waals surface area contributed by atoms with Crippen molar-refractivity contribution in [3.63, 3.8) is 0 Å². The van der Waals surface area contributed by atoms with Crippen LogP contribution in [-0.2, 0) is 14.3 Å². The smallest absolute Gasteiger partial charge is 0.338 e. The maximum absolute atomic E-state index is 12.7. The molecule has 0 aromatic heterocycles. The number of halogens is 12. The van der Waals surface area contributed by atoms with Gasteiger partial charge in [0.2, 0.25) is 0 Å². The van der Waals surface area contributed by atoms with Crippen LogP contribution in [0, 0.1) is 11.8 Å². The van der Waals surface area contributed by atoms with E-state index in [1.54, 1.807) is 0 Å². The summed E-state index contributed by atoms with van der Waals surface area (Å²) in [7, 11) is -4.45. The van der Waals surface area contributed by atoms with Gasteiger partial charge in [0.25, 0.3) is 0 Å². The van der Waals surface area contributed by atoms with Crippen LogP contribution in [0.3, 0.4) is 0 Å². The lowest BCUT2D eigenvalue weighted by Gasteiger charge is -2.52. The summed E-state index contributed by atoms with van der Waals surface area (Å²) in [5.74, 6) is -5.15. The number of carbonyl (C=O) groups excluding carboxylic acids is 1. The van der Waals surface area contributed by atoms with Gasteiger partial charge < -0.3 is 4.18 Å². The van der Waals surface area contributed by atoms with Crippen molar-refractivity contribution in [2.45, 2.75) is 44.9 Å². The van der Waals surface area contributed by atoms with Gasteiger partial charge in [-0.1, -0.05) is 92.8 Å². The highest BCUT2D eigenvalue weighted by atomic mass is 35.5. The SMILES string of the molecule is O=C1OS(=O)(=O)c2cc3c(cc21)[C@@H]1[C@@H]([C@@H]2[C@H]3[C@]3(Cl)C(Cl)=C(Cl)[C@]2(Cl)C3(Cl)Cl)[C@]2(Cl)C(Cl)=C(Cl)[C@]1(Cl)C2(Cl)Cl. The Morgan fingerprint density at radius 1 is 0.632 bits per heavy atom. The molecule has 0 spiro atoms. The van der Waals surface area contributed by atoms with Crippen molar-refractivity contribution in [3.05, 3.63) is 49.0 Å². The summed E-state index contributed by atoms with van der Waals surface area (Å²) in [5.41, 5.74) is 0.302. The van der Waals surface area contributed by atoms with Gasteiger partial charge in [0.1, 0.15) is 24.4 Å². The molecule has 5 aliphatic carbocycles. The van der Waals surface area contributed by atoms with Crippen LogP contribution in [-0.4, -0.2) is 42.6 Å². The zero-order valence-electron chi connectivity index (χ0n) is 17.5. The van der Waals surface area contributed by atoms with Crippen LogP contribution >= 0.6 is 139 Å². The molecule has 2 saturated carbocycles. The van der Waals surface area contributed by atoms with E-state index in [0.717, 1.165) is 0 Å². The van der Waals surface area contributed by atoms with Crippen molar-refractivity contribution in [2.75, 3.05) is 0 Å². The van der Waals surface area contributed by atoms with Gasteiger partial charge in [-0.3, -0.25) is 0 Å². The molecule has 17 heteroatoms. The van der Waals surface area contributed by atoms with Gasteiger partial charge in [-0.2, -0.15) is 8.42 Å². The Morgan fingerprint density at radius 3 is 1.42 bits per heavy atom. The van der Waals surface area contributed by atoms with Crippen molar-refractivity contribution >= 4 is 155 Å². The van der Waals surface area contributed by atoms with Crippen LogP contribution in [0.25, 0.3) is 0 Å². The van der Waals surface area contributed by atoms with E-state index >= 15 is 0 Å². The third kappa shape index (κ3) is 2.41. The maximum Gasteiger partial charge on any atom is 0.355 e. The van der Waals surface area contributed by atoms with Gasteiger partial charge in [-0.25, -0.2) is 4.79 Å². The van der Waals surface area contributed by atoms with E-state index in [4.69, 9.17) is 139 Å². The van der Waals surface area contributed by atoms with Gasteiger partial charge in [0.05, 0.1) is 25.7 Å². The van der Waals surface area contributed by atoms with Crippen LogP contribution < -0.4 is 0 Å². The zero-order valence-corrected chi connectivity index (χ0v) is 27.4. The first-order valence-corrected chi connectivity index (χ1v) is 16.5. The minimum Gasteiger partial charge on any atom is -0.338 e. The van der Waals surface area contributed by atoms with Gasteiger partial charge in [0.15, 0.2) is 8.67 Å². The Morgan fingerprint density at radius 2 is 1.00 bits per heavy atom. The highest BCUT2D eigenvalue weighted by molar-refractivity contribution is 7.87. The first kappa shape index (κ1) is 28.4. The third-order valence-corrected chi connectivity index (χ3v) is 18.7. The summed E-state index contributed by atoms with van der Waals surface area (Å²) in [5, 5.41) is -0.529. The molecular weight excluding hydrogens is 774 g/mol. The molecule has 4 nitrogen and oxygen atoms in total. The molecule has 6 aliphatic rings. The third-order valence-electron chi connectivity index (χ3n) is 8.90. The second-order valence-corrected chi connectivity index (χ2v) is 18.1. The van der Waals surface area contributed by atoms with Gasteiger partial charge >= 0.3 is 16.1 Å². The van der Waals surface area contributed by atoms with Crippen LogP contribution in [0.1, 0.15) is 33.3 Å². The van der Waals surface area contributed by atoms with Gasteiger partial charge in [0, 0.05) is 23.7 Å². The summed E-state index contributed by atoms with van der Waals surface area (Å²) in [6.45, 7) is 0. The van der Waals surface area contributed by atoms with E-state index in [0.29, 0.717) is 5.56 Å². The predicted molar refractivity (Wildman–Crippen MR) is 152 cm³/mol. The van der Waals surface area contributed by atoms with Gasteiger partial charge in [-0.15, -0.1) is 46.4 Å². The average molecular weight is 780 g/mol. The van der Waals surface area contributed by atoms with E-state index in [9.17, 15) is 13.2 Å². The fourth-order valence-electron chi connectivity index (χ4n) is 7.48. The molecule has 38 heavy (non-hydrogen) atoms. The molecule has 0 unspecified atom stereocenters. The predicted octanol–water partition coefficient (Wildman–Crippen LogP) is 8.65. The Kier molecular flexibility index (Phi) is 5.56. The first-order chi connectivity index (χ1) is 17.2. The van der Waals surface area contributed by atoms with E-state index in [2.05, 4.69) is 4.18 Å². The summed E-state index contributed by atoms with van der Waals surface area (Å²) in [4.78, 5) is 4.64. The molecule has 1 aromatic rings. The van der Waals surface area contributed by atoms with Gasteiger partial charge in [-0.05, 0) is 23.3 Å². The zero-order chi connectivity index (χ0) is 28.1. The molecule has 4 bridgehead atoms. The van der Waals surface area contributed by atoms with Crippen LogP contribution in [0.2, 0.25) is 0 Å². The number of alkyl halides is 8. The summed E-state index contributed by atoms with van der Waals surface area (Å²) >= 11 is 83.3. The van der Waals surface area contributed by atoms with E-state index in [-0.39, 0.29) is 31.3 Å². The minimum absolute atomic E-state index is 0.125. The molecule has 1 heterocycles. The molecule has 204 valence electrons. The van der Waals surface area contributed by atoms with Crippen molar-refractivity contribution in [3.8, 4) is 0 Å². The molecule has 1 aliphatic heterocycles. The molecule has 7 rings (SSSR count). The highest BCUT2D eigenvalue weighted by Gasteiger charge is 2.91. The fourth-order valence-corrected chi connectivity index (χ4v) is 14.6. The van der Waals surface area contributed by atoms with Crippen molar-refractivity contribution in [1.29, 1.82) is 0 Å². The molecule has 2 fully saturated rings. The maximum atomic E-state index is 12.7. The lowest BCUT2D eigenvalue weighted by atomic mass is 9.57. The summed E-state index contributed by atoms with van der Waals surface area (Å²) < 4.78 is 25.9.